The van der Waals surface area contributed by atoms with Crippen molar-refractivity contribution in [3.8, 4) is 0 Å². The Balaban J connectivity index is 0. The highest BCUT2D eigenvalue weighted by atomic mass is 79.9. The number of unbranched alkanes of at least 4 members (excludes halogenated alkanes) is 2. The predicted molar refractivity (Wildman–Crippen MR) is 70.1 cm³/mol. The molecule has 0 rings (SSSR count). The summed E-state index contributed by atoms with van der Waals surface area (Å²) in [6, 6.07) is 0. The Morgan fingerprint density at radius 1 is 0.938 bits per heavy atom. The molecular formula is C14H32BrN. The van der Waals surface area contributed by atoms with Crippen molar-refractivity contribution in [3.63, 3.8) is 0 Å². The van der Waals surface area contributed by atoms with Crippen LogP contribution in [-0.2, 0) is 0 Å². The molecule has 0 radical (unpaired) electrons. The van der Waals surface area contributed by atoms with Crippen LogP contribution in [0.15, 0.2) is 0 Å². The predicted octanol–water partition coefficient (Wildman–Crippen LogP) is 1.08. The van der Waals surface area contributed by atoms with Gasteiger partial charge in [-0.15, -0.1) is 0 Å². The Morgan fingerprint density at radius 3 is 1.94 bits per heavy atom. The molecule has 0 spiro atoms. The second-order valence-electron chi connectivity index (χ2n) is 5.61. The first-order chi connectivity index (χ1) is 7.05. The minimum atomic E-state index is 0. The van der Waals surface area contributed by atoms with E-state index < -0.39 is 0 Å². The molecule has 0 aliphatic carbocycles. The van der Waals surface area contributed by atoms with Gasteiger partial charge in [0.25, 0.3) is 0 Å². The first-order valence-corrected chi connectivity index (χ1v) is 6.87. The molecule has 100 valence electrons. The molecule has 0 amide bonds. The van der Waals surface area contributed by atoms with Crippen molar-refractivity contribution >= 4 is 0 Å². The van der Waals surface area contributed by atoms with Gasteiger partial charge in [-0.2, -0.15) is 0 Å². The van der Waals surface area contributed by atoms with Crippen LogP contribution in [0.3, 0.4) is 0 Å². The molecule has 0 aromatic rings. The Labute approximate surface area is 114 Å². The summed E-state index contributed by atoms with van der Waals surface area (Å²) < 4.78 is 1.22. The molecule has 0 aliphatic heterocycles. The van der Waals surface area contributed by atoms with Crippen molar-refractivity contribution in [1.29, 1.82) is 0 Å². The highest BCUT2D eigenvalue weighted by Crippen LogP contribution is 2.17. The molecule has 0 aromatic heterocycles. The Hall–Kier alpha value is 0.440. The van der Waals surface area contributed by atoms with Crippen molar-refractivity contribution in [2.75, 3.05) is 27.2 Å². The number of rotatable bonds is 9. The van der Waals surface area contributed by atoms with E-state index in [1.165, 1.54) is 56.1 Å². The molecule has 0 N–H and O–H groups in total. The normalized spacial score (nSPS) is 13.3. The average Bonchev–Trinajstić information content (AvgIpc) is 2.21. The summed E-state index contributed by atoms with van der Waals surface area (Å²) in [7, 11) is 4.79. The minimum Gasteiger partial charge on any atom is -1.00 e. The zero-order valence-electron chi connectivity index (χ0n) is 12.1. The second kappa shape index (κ2) is 10.6. The van der Waals surface area contributed by atoms with Gasteiger partial charge in [0.05, 0.1) is 27.2 Å². The average molecular weight is 294 g/mol. The number of nitrogens with zero attached hydrogens (tertiary/aromatic N) is 1. The van der Waals surface area contributed by atoms with Crippen LogP contribution in [0.4, 0.5) is 0 Å². The van der Waals surface area contributed by atoms with Gasteiger partial charge in [-0.3, -0.25) is 0 Å². The van der Waals surface area contributed by atoms with Crippen LogP contribution in [0.2, 0.25) is 0 Å². The van der Waals surface area contributed by atoms with E-state index in [1.807, 2.05) is 0 Å². The van der Waals surface area contributed by atoms with E-state index >= 15 is 0 Å². The third-order valence-corrected chi connectivity index (χ3v) is 3.41. The van der Waals surface area contributed by atoms with Gasteiger partial charge in [0.2, 0.25) is 0 Å². The third-order valence-electron chi connectivity index (χ3n) is 3.41. The SMILES string of the molecule is CCCCC(CC)C[N+](C)(C)CCCC.[Br-]. The molecule has 0 aliphatic rings. The van der Waals surface area contributed by atoms with Crippen molar-refractivity contribution in [2.24, 2.45) is 5.92 Å². The third kappa shape index (κ3) is 9.65. The summed E-state index contributed by atoms with van der Waals surface area (Å²) in [5.74, 6) is 0.941. The topological polar surface area (TPSA) is 0 Å². The first-order valence-electron chi connectivity index (χ1n) is 6.87. The van der Waals surface area contributed by atoms with Gasteiger partial charge in [-0.25, -0.2) is 0 Å². The van der Waals surface area contributed by atoms with Gasteiger partial charge in [-0.05, 0) is 19.3 Å². The summed E-state index contributed by atoms with van der Waals surface area (Å²) in [5.41, 5.74) is 0. The number of hydrogen-bond donors (Lipinski definition) is 0. The van der Waals surface area contributed by atoms with Crippen molar-refractivity contribution < 1.29 is 21.5 Å². The van der Waals surface area contributed by atoms with Crippen molar-refractivity contribution in [1.82, 2.24) is 0 Å². The van der Waals surface area contributed by atoms with Crippen molar-refractivity contribution in [2.45, 2.75) is 59.3 Å². The maximum absolute atomic E-state index is 2.39. The van der Waals surface area contributed by atoms with Gasteiger partial charge in [0.15, 0.2) is 0 Å². The maximum Gasteiger partial charge on any atom is 0.0810 e. The Bertz CT molecular complexity index is 146. The molecular weight excluding hydrogens is 262 g/mol. The highest BCUT2D eigenvalue weighted by molar-refractivity contribution is 4.56. The van der Waals surface area contributed by atoms with Crippen LogP contribution in [0.5, 0.6) is 0 Å². The second-order valence-corrected chi connectivity index (χ2v) is 5.61. The molecule has 1 unspecified atom stereocenters. The molecule has 0 fully saturated rings. The molecule has 1 atom stereocenters. The summed E-state index contributed by atoms with van der Waals surface area (Å²) in [6.45, 7) is 9.65. The summed E-state index contributed by atoms with van der Waals surface area (Å²) in [6.07, 6.45) is 8.24. The monoisotopic (exact) mass is 293 g/mol. The first kappa shape index (κ1) is 18.8. The lowest BCUT2D eigenvalue weighted by Gasteiger charge is -2.33. The van der Waals surface area contributed by atoms with E-state index in [9.17, 15) is 0 Å². The Morgan fingerprint density at radius 2 is 1.50 bits per heavy atom. The molecule has 0 bridgehead atoms. The fourth-order valence-corrected chi connectivity index (χ4v) is 2.29. The van der Waals surface area contributed by atoms with Gasteiger partial charge < -0.3 is 21.5 Å². The molecule has 0 heterocycles. The smallest absolute Gasteiger partial charge is 0.0810 e. The van der Waals surface area contributed by atoms with E-state index in [0.717, 1.165) is 5.92 Å². The van der Waals surface area contributed by atoms with E-state index in [1.54, 1.807) is 0 Å². The van der Waals surface area contributed by atoms with E-state index in [-0.39, 0.29) is 17.0 Å². The quantitative estimate of drug-likeness (QED) is 0.558. The van der Waals surface area contributed by atoms with Gasteiger partial charge in [0.1, 0.15) is 0 Å². The van der Waals surface area contributed by atoms with Crippen LogP contribution in [0, 0.1) is 5.92 Å². The summed E-state index contributed by atoms with van der Waals surface area (Å²) in [4.78, 5) is 0. The number of quaternary nitrogens is 1. The molecule has 1 nitrogen and oxygen atoms in total. The molecule has 0 saturated heterocycles. The van der Waals surface area contributed by atoms with E-state index in [4.69, 9.17) is 0 Å². The minimum absolute atomic E-state index is 0. The van der Waals surface area contributed by atoms with Crippen LogP contribution < -0.4 is 17.0 Å². The van der Waals surface area contributed by atoms with E-state index in [0.29, 0.717) is 0 Å². The van der Waals surface area contributed by atoms with Crippen LogP contribution in [0.25, 0.3) is 0 Å². The van der Waals surface area contributed by atoms with Gasteiger partial charge >= 0.3 is 0 Å². The zero-order chi connectivity index (χ0) is 11.7. The lowest BCUT2D eigenvalue weighted by atomic mass is 9.98. The van der Waals surface area contributed by atoms with Crippen LogP contribution in [-0.4, -0.2) is 31.7 Å². The van der Waals surface area contributed by atoms with Crippen LogP contribution in [0.1, 0.15) is 59.3 Å². The fourth-order valence-electron chi connectivity index (χ4n) is 2.29. The van der Waals surface area contributed by atoms with Crippen LogP contribution >= 0.6 is 0 Å². The lowest BCUT2D eigenvalue weighted by Crippen LogP contribution is -3.00. The lowest BCUT2D eigenvalue weighted by molar-refractivity contribution is -0.894. The van der Waals surface area contributed by atoms with Crippen molar-refractivity contribution in [3.05, 3.63) is 0 Å². The maximum atomic E-state index is 2.39. The number of hydrogen-bond acceptors (Lipinski definition) is 0. The van der Waals surface area contributed by atoms with E-state index in [2.05, 4.69) is 34.9 Å². The summed E-state index contributed by atoms with van der Waals surface area (Å²) >= 11 is 0. The Kier molecular flexibility index (Phi) is 12.4. The van der Waals surface area contributed by atoms with Gasteiger partial charge in [0, 0.05) is 5.92 Å². The molecule has 0 saturated carbocycles. The fraction of sp³-hybridized carbons (Fsp3) is 1.00. The highest BCUT2D eigenvalue weighted by Gasteiger charge is 2.19. The molecule has 2 heteroatoms. The largest absolute Gasteiger partial charge is 1.00 e. The number of halogens is 1. The molecule has 0 aromatic carbocycles. The standard InChI is InChI=1S/C14H32N.BrH/c1-6-9-11-14(8-3)13-15(4,5)12-10-7-2;/h14H,6-13H2,1-5H3;1H/q+1;/p-1. The zero-order valence-corrected chi connectivity index (χ0v) is 13.6. The summed E-state index contributed by atoms with van der Waals surface area (Å²) in [5, 5.41) is 0. The van der Waals surface area contributed by atoms with Gasteiger partial charge in [-0.1, -0.05) is 40.0 Å². The molecule has 16 heavy (non-hydrogen) atoms.